The van der Waals surface area contributed by atoms with E-state index in [1.54, 1.807) is 4.68 Å². The molecule has 0 fully saturated rings. The largest absolute Gasteiger partial charge is 0.378 e. The Hall–Kier alpha value is -3.54. The van der Waals surface area contributed by atoms with Gasteiger partial charge in [0.05, 0.1) is 11.9 Å². The molecule has 0 spiro atoms. The van der Waals surface area contributed by atoms with Crippen molar-refractivity contribution in [3.63, 3.8) is 0 Å². The molecule has 4 rings (SSSR count). The molecule has 0 atom stereocenters. The van der Waals surface area contributed by atoms with Crippen molar-refractivity contribution in [2.75, 3.05) is 19.0 Å². The molecule has 2 aromatic heterocycles. The van der Waals surface area contributed by atoms with Gasteiger partial charge in [-0.3, -0.25) is 0 Å². The van der Waals surface area contributed by atoms with Gasteiger partial charge >= 0.3 is 0 Å². The van der Waals surface area contributed by atoms with E-state index in [1.165, 1.54) is 0 Å². The molecule has 2 heterocycles. The van der Waals surface area contributed by atoms with E-state index in [0.29, 0.717) is 5.95 Å². The van der Waals surface area contributed by atoms with Crippen LogP contribution in [0.15, 0.2) is 66.9 Å². The summed E-state index contributed by atoms with van der Waals surface area (Å²) in [6.45, 7) is 1.95. The van der Waals surface area contributed by atoms with E-state index in [4.69, 9.17) is 0 Å². The fourth-order valence-electron chi connectivity index (χ4n) is 2.84. The van der Waals surface area contributed by atoms with Gasteiger partial charge in [-0.15, -0.1) is 5.10 Å². The SMILES string of the molecule is Cc1cc(-c2ccccc2)nc(-n2cc(-c3ccc(N(C)C)cc3)nn2)n1. The summed E-state index contributed by atoms with van der Waals surface area (Å²) in [5, 5.41) is 8.52. The van der Waals surface area contributed by atoms with Gasteiger partial charge in [0.15, 0.2) is 0 Å². The van der Waals surface area contributed by atoms with Crippen molar-refractivity contribution in [1.82, 2.24) is 25.0 Å². The highest BCUT2D eigenvalue weighted by atomic mass is 15.5. The lowest BCUT2D eigenvalue weighted by atomic mass is 10.1. The third-order valence-electron chi connectivity index (χ3n) is 4.29. The number of aryl methyl sites for hydroxylation is 1. The molecule has 0 aliphatic heterocycles. The van der Waals surface area contributed by atoms with Crippen LogP contribution < -0.4 is 4.90 Å². The third kappa shape index (κ3) is 3.55. The van der Waals surface area contributed by atoms with Crippen LogP contribution in [0.25, 0.3) is 28.5 Å². The molecule has 0 aliphatic carbocycles. The minimum Gasteiger partial charge on any atom is -0.378 e. The molecular formula is C21H20N6. The molecule has 2 aromatic carbocycles. The van der Waals surface area contributed by atoms with Gasteiger partial charge in [-0.05, 0) is 25.1 Å². The molecule has 0 amide bonds. The molecule has 0 bridgehead atoms. The molecule has 0 N–H and O–H groups in total. The number of anilines is 1. The Bertz CT molecular complexity index is 1050. The summed E-state index contributed by atoms with van der Waals surface area (Å²) in [5.74, 6) is 0.512. The summed E-state index contributed by atoms with van der Waals surface area (Å²) in [5.41, 5.74) is 5.72. The molecular weight excluding hydrogens is 336 g/mol. The smallest absolute Gasteiger partial charge is 0.252 e. The molecule has 0 saturated carbocycles. The van der Waals surface area contributed by atoms with Crippen LogP contribution >= 0.6 is 0 Å². The predicted octanol–water partition coefficient (Wildman–Crippen LogP) is 3.77. The first kappa shape index (κ1) is 16.9. The standard InChI is InChI=1S/C21H20N6/c1-15-13-19(16-7-5-4-6-8-16)23-21(22-15)27-14-20(24-25-27)17-9-11-18(12-10-17)26(2)3/h4-14H,1-3H3. The molecule has 134 valence electrons. The topological polar surface area (TPSA) is 59.7 Å². The lowest BCUT2D eigenvalue weighted by molar-refractivity contribution is 0.752. The molecule has 0 aliphatic rings. The zero-order valence-electron chi connectivity index (χ0n) is 15.5. The maximum atomic E-state index is 4.66. The molecule has 4 aromatic rings. The van der Waals surface area contributed by atoms with E-state index in [-0.39, 0.29) is 0 Å². The zero-order chi connectivity index (χ0) is 18.8. The van der Waals surface area contributed by atoms with Gasteiger partial charge in [0.2, 0.25) is 0 Å². The second-order valence-electron chi connectivity index (χ2n) is 6.55. The Balaban J connectivity index is 1.68. The molecule has 6 nitrogen and oxygen atoms in total. The van der Waals surface area contributed by atoms with Crippen molar-refractivity contribution >= 4 is 5.69 Å². The normalized spacial score (nSPS) is 10.8. The quantitative estimate of drug-likeness (QED) is 0.557. The maximum Gasteiger partial charge on any atom is 0.252 e. The lowest BCUT2D eigenvalue weighted by Gasteiger charge is -2.11. The van der Waals surface area contributed by atoms with Crippen LogP contribution in [0.1, 0.15) is 5.69 Å². The maximum absolute atomic E-state index is 4.66. The zero-order valence-corrected chi connectivity index (χ0v) is 15.5. The van der Waals surface area contributed by atoms with Gasteiger partial charge in [0.1, 0.15) is 5.69 Å². The van der Waals surface area contributed by atoms with E-state index in [1.807, 2.05) is 75.7 Å². The second-order valence-corrected chi connectivity index (χ2v) is 6.55. The summed E-state index contributed by atoms with van der Waals surface area (Å²) in [7, 11) is 4.04. The van der Waals surface area contributed by atoms with E-state index in [0.717, 1.165) is 33.9 Å². The van der Waals surface area contributed by atoms with Crippen LogP contribution in [0, 0.1) is 6.92 Å². The Morgan fingerprint density at radius 1 is 0.815 bits per heavy atom. The Labute approximate surface area is 158 Å². The minimum absolute atomic E-state index is 0.512. The van der Waals surface area contributed by atoms with E-state index >= 15 is 0 Å². The number of hydrogen-bond acceptors (Lipinski definition) is 5. The Morgan fingerprint density at radius 2 is 1.52 bits per heavy atom. The van der Waals surface area contributed by atoms with Gasteiger partial charge in [-0.2, -0.15) is 4.68 Å². The highest BCUT2D eigenvalue weighted by Gasteiger charge is 2.10. The van der Waals surface area contributed by atoms with Gasteiger partial charge in [0.25, 0.3) is 5.95 Å². The summed E-state index contributed by atoms with van der Waals surface area (Å²) in [6.07, 6.45) is 1.86. The fraction of sp³-hybridized carbons (Fsp3) is 0.143. The van der Waals surface area contributed by atoms with Gasteiger partial charge in [-0.25, -0.2) is 9.97 Å². The molecule has 6 heteroatoms. The average Bonchev–Trinajstić information content (AvgIpc) is 3.18. The van der Waals surface area contributed by atoms with Gasteiger partial charge in [0, 0.05) is 36.6 Å². The molecule has 0 saturated heterocycles. The second kappa shape index (κ2) is 6.99. The molecule has 0 radical (unpaired) electrons. The Morgan fingerprint density at radius 3 is 2.22 bits per heavy atom. The van der Waals surface area contributed by atoms with Crippen molar-refractivity contribution in [3.8, 4) is 28.5 Å². The average molecular weight is 356 g/mol. The monoisotopic (exact) mass is 356 g/mol. The lowest BCUT2D eigenvalue weighted by Crippen LogP contribution is -2.07. The first-order valence-electron chi connectivity index (χ1n) is 8.72. The number of aromatic nitrogens is 5. The van der Waals surface area contributed by atoms with Crippen molar-refractivity contribution in [2.24, 2.45) is 0 Å². The Kier molecular flexibility index (Phi) is 4.38. The van der Waals surface area contributed by atoms with Gasteiger partial charge < -0.3 is 4.90 Å². The van der Waals surface area contributed by atoms with E-state index in [2.05, 4.69) is 37.3 Å². The van der Waals surface area contributed by atoms with Crippen molar-refractivity contribution in [3.05, 3.63) is 72.6 Å². The van der Waals surface area contributed by atoms with Crippen molar-refractivity contribution < 1.29 is 0 Å². The van der Waals surface area contributed by atoms with E-state index < -0.39 is 0 Å². The minimum atomic E-state index is 0.512. The predicted molar refractivity (Wildman–Crippen MR) is 107 cm³/mol. The first-order chi connectivity index (χ1) is 13.1. The van der Waals surface area contributed by atoms with Gasteiger partial charge in [-0.1, -0.05) is 47.7 Å². The molecule has 0 unspecified atom stereocenters. The van der Waals surface area contributed by atoms with Crippen molar-refractivity contribution in [1.29, 1.82) is 0 Å². The number of hydrogen-bond donors (Lipinski definition) is 0. The van der Waals surface area contributed by atoms with Crippen LogP contribution in [0.2, 0.25) is 0 Å². The van der Waals surface area contributed by atoms with Crippen molar-refractivity contribution in [2.45, 2.75) is 6.92 Å². The summed E-state index contributed by atoms with van der Waals surface area (Å²) < 4.78 is 1.62. The number of nitrogens with zero attached hydrogens (tertiary/aromatic N) is 6. The third-order valence-corrected chi connectivity index (χ3v) is 4.29. The fourth-order valence-corrected chi connectivity index (χ4v) is 2.84. The summed E-state index contributed by atoms with van der Waals surface area (Å²) >= 11 is 0. The van der Waals surface area contributed by atoms with Crippen LogP contribution in [-0.2, 0) is 0 Å². The first-order valence-corrected chi connectivity index (χ1v) is 8.72. The van der Waals surface area contributed by atoms with Crippen LogP contribution in [0.4, 0.5) is 5.69 Å². The van der Waals surface area contributed by atoms with Crippen LogP contribution in [0.5, 0.6) is 0 Å². The summed E-state index contributed by atoms with van der Waals surface area (Å²) in [6, 6.07) is 20.2. The van der Waals surface area contributed by atoms with Crippen LogP contribution in [-0.4, -0.2) is 39.1 Å². The van der Waals surface area contributed by atoms with Crippen LogP contribution in [0.3, 0.4) is 0 Å². The number of rotatable bonds is 4. The number of benzene rings is 2. The summed E-state index contributed by atoms with van der Waals surface area (Å²) in [4.78, 5) is 11.2. The highest BCUT2D eigenvalue weighted by Crippen LogP contribution is 2.22. The highest BCUT2D eigenvalue weighted by molar-refractivity contribution is 5.63. The van der Waals surface area contributed by atoms with E-state index in [9.17, 15) is 0 Å². The molecule has 27 heavy (non-hydrogen) atoms.